The van der Waals surface area contributed by atoms with Crippen LogP contribution in [0, 0.1) is 0 Å². The molecule has 1 aliphatic heterocycles. The molecule has 2 atom stereocenters. The highest BCUT2D eigenvalue weighted by atomic mass is 79.9. The second kappa shape index (κ2) is 7.13. The third-order valence-corrected chi connectivity index (χ3v) is 6.11. The van der Waals surface area contributed by atoms with Crippen molar-refractivity contribution in [2.75, 3.05) is 13.7 Å². The molecule has 0 saturated heterocycles. The molecule has 0 aromatic carbocycles. The first-order valence-corrected chi connectivity index (χ1v) is 9.19. The van der Waals surface area contributed by atoms with Gasteiger partial charge in [0.25, 0.3) is 0 Å². The molecule has 130 valence electrons. The lowest BCUT2D eigenvalue weighted by Crippen LogP contribution is -2.42. The Morgan fingerprint density at radius 3 is 2.92 bits per heavy atom. The molecule has 1 amide bonds. The predicted octanol–water partition coefficient (Wildman–Crippen LogP) is 3.17. The Kier molecular flexibility index (Phi) is 5.13. The van der Waals surface area contributed by atoms with Crippen LogP contribution in [0.15, 0.2) is 34.3 Å². The van der Waals surface area contributed by atoms with E-state index in [2.05, 4.69) is 15.9 Å². The van der Waals surface area contributed by atoms with Gasteiger partial charge in [0.2, 0.25) is 6.41 Å². The molecule has 0 saturated carbocycles. The van der Waals surface area contributed by atoms with Crippen LogP contribution in [-0.2, 0) is 14.3 Å². The van der Waals surface area contributed by atoms with Crippen molar-refractivity contribution in [1.82, 2.24) is 4.90 Å². The summed E-state index contributed by atoms with van der Waals surface area (Å²) in [5.41, 5.74) is 3.51. The summed E-state index contributed by atoms with van der Waals surface area (Å²) in [5.74, 6) is 1.02. The largest absolute Gasteiger partial charge is 0.504 e. The SMILES string of the molecule is COC1=C(O)C=C(CC2C3=C(CCN2C=O)CC(=O)CC3)C(Br)C1. The first-order chi connectivity index (χ1) is 11.5. The summed E-state index contributed by atoms with van der Waals surface area (Å²) in [5, 5.41) is 10.1. The van der Waals surface area contributed by atoms with Crippen LogP contribution in [-0.4, -0.2) is 46.7 Å². The van der Waals surface area contributed by atoms with Gasteiger partial charge in [0.05, 0.1) is 13.2 Å². The lowest BCUT2D eigenvalue weighted by atomic mass is 9.79. The smallest absolute Gasteiger partial charge is 0.210 e. The summed E-state index contributed by atoms with van der Waals surface area (Å²) >= 11 is 3.66. The van der Waals surface area contributed by atoms with E-state index in [1.807, 2.05) is 4.90 Å². The van der Waals surface area contributed by atoms with Gasteiger partial charge in [-0.1, -0.05) is 21.5 Å². The molecule has 24 heavy (non-hydrogen) atoms. The third kappa shape index (κ3) is 3.29. The number of hydrogen-bond acceptors (Lipinski definition) is 4. The number of allylic oxidation sites excluding steroid dienone is 2. The number of amides is 1. The molecule has 0 radical (unpaired) electrons. The number of ketones is 1. The van der Waals surface area contributed by atoms with E-state index in [0.29, 0.717) is 43.8 Å². The van der Waals surface area contributed by atoms with Crippen LogP contribution >= 0.6 is 15.9 Å². The minimum Gasteiger partial charge on any atom is -0.504 e. The zero-order chi connectivity index (χ0) is 17.3. The summed E-state index contributed by atoms with van der Waals surface area (Å²) in [6.07, 6.45) is 6.56. The van der Waals surface area contributed by atoms with Gasteiger partial charge in [-0.25, -0.2) is 0 Å². The molecular weight excluding hydrogens is 374 g/mol. The number of Topliss-reactive ketones (excluding diaryl/α,β-unsaturated/α-hetero) is 1. The number of aliphatic hydroxyl groups excluding tert-OH is 1. The highest BCUT2D eigenvalue weighted by Crippen LogP contribution is 2.39. The van der Waals surface area contributed by atoms with Crippen molar-refractivity contribution >= 4 is 28.1 Å². The monoisotopic (exact) mass is 395 g/mol. The van der Waals surface area contributed by atoms with Gasteiger partial charge < -0.3 is 14.7 Å². The topological polar surface area (TPSA) is 66.8 Å². The number of methoxy groups -OCH3 is 1. The van der Waals surface area contributed by atoms with Crippen LogP contribution in [0.4, 0.5) is 0 Å². The number of rotatable bonds is 4. The van der Waals surface area contributed by atoms with Gasteiger partial charge in [-0.15, -0.1) is 0 Å². The quantitative estimate of drug-likeness (QED) is 0.450. The van der Waals surface area contributed by atoms with Crippen LogP contribution < -0.4 is 0 Å². The molecule has 3 rings (SSSR count). The lowest BCUT2D eigenvalue weighted by Gasteiger charge is -2.39. The Labute approximate surface area is 150 Å². The van der Waals surface area contributed by atoms with Crippen molar-refractivity contribution in [1.29, 1.82) is 0 Å². The van der Waals surface area contributed by atoms with E-state index in [9.17, 15) is 14.7 Å². The van der Waals surface area contributed by atoms with Gasteiger partial charge in [-0.05, 0) is 36.5 Å². The molecule has 1 heterocycles. The number of alkyl halides is 1. The Balaban J connectivity index is 1.88. The van der Waals surface area contributed by atoms with E-state index >= 15 is 0 Å². The Hall–Kier alpha value is -1.56. The number of halogens is 1. The Morgan fingerprint density at radius 2 is 2.21 bits per heavy atom. The normalized spacial score (nSPS) is 27.8. The average molecular weight is 396 g/mol. The molecule has 2 unspecified atom stereocenters. The van der Waals surface area contributed by atoms with Crippen molar-refractivity contribution in [3.8, 4) is 0 Å². The molecular formula is C18H22BrNO4. The number of aliphatic hydroxyl groups is 1. The molecule has 0 fully saturated rings. The standard InChI is InChI=1S/C18H22BrNO4/c1-24-18-9-15(19)12(8-17(18)23)7-16-14-3-2-13(22)6-11(14)4-5-20(16)10-21/h8,10,15-16,23H,2-7,9H2,1H3. The average Bonchev–Trinajstić information content (AvgIpc) is 2.57. The molecule has 0 aromatic rings. The van der Waals surface area contributed by atoms with Crippen molar-refractivity contribution in [3.05, 3.63) is 34.3 Å². The fraction of sp³-hybridized carbons (Fsp3) is 0.556. The molecule has 1 N–H and O–H groups in total. The first-order valence-electron chi connectivity index (χ1n) is 8.27. The first kappa shape index (κ1) is 17.3. The maximum Gasteiger partial charge on any atom is 0.210 e. The van der Waals surface area contributed by atoms with E-state index in [0.717, 1.165) is 24.8 Å². The summed E-state index contributed by atoms with van der Waals surface area (Å²) < 4.78 is 5.19. The second-order valence-corrected chi connectivity index (χ2v) is 7.67. The fourth-order valence-corrected chi connectivity index (χ4v) is 4.48. The van der Waals surface area contributed by atoms with Gasteiger partial charge in [-0.2, -0.15) is 0 Å². The maximum absolute atomic E-state index is 11.7. The van der Waals surface area contributed by atoms with Crippen molar-refractivity contribution < 1.29 is 19.4 Å². The maximum atomic E-state index is 11.7. The molecule has 2 aliphatic carbocycles. The van der Waals surface area contributed by atoms with Crippen molar-refractivity contribution in [2.24, 2.45) is 0 Å². The van der Waals surface area contributed by atoms with Gasteiger partial charge in [0.15, 0.2) is 5.76 Å². The van der Waals surface area contributed by atoms with Crippen LogP contribution in [0.2, 0.25) is 0 Å². The number of carbonyl (C=O) groups excluding carboxylic acids is 2. The Bertz CT molecular complexity index is 649. The second-order valence-electron chi connectivity index (χ2n) is 6.56. The lowest BCUT2D eigenvalue weighted by molar-refractivity contribution is -0.120. The highest BCUT2D eigenvalue weighted by molar-refractivity contribution is 9.09. The molecule has 5 nitrogen and oxygen atoms in total. The van der Waals surface area contributed by atoms with E-state index in [-0.39, 0.29) is 16.6 Å². The number of ether oxygens (including phenoxy) is 1. The summed E-state index contributed by atoms with van der Waals surface area (Å²) in [6, 6.07) is -0.0115. The third-order valence-electron chi connectivity index (χ3n) is 5.20. The van der Waals surface area contributed by atoms with Crippen LogP contribution in [0.5, 0.6) is 0 Å². The van der Waals surface area contributed by atoms with Crippen LogP contribution in [0.25, 0.3) is 0 Å². The molecule has 0 bridgehead atoms. The summed E-state index contributed by atoms with van der Waals surface area (Å²) in [4.78, 5) is 25.2. The molecule has 3 aliphatic rings. The van der Waals surface area contributed by atoms with Gasteiger partial charge in [0.1, 0.15) is 11.5 Å². The summed E-state index contributed by atoms with van der Waals surface area (Å²) in [6.45, 7) is 0.658. The van der Waals surface area contributed by atoms with Gasteiger partial charge >= 0.3 is 0 Å². The summed E-state index contributed by atoms with van der Waals surface area (Å²) in [7, 11) is 1.55. The molecule has 0 spiro atoms. The Morgan fingerprint density at radius 1 is 1.42 bits per heavy atom. The molecule has 6 heteroatoms. The van der Waals surface area contributed by atoms with Crippen LogP contribution in [0.3, 0.4) is 0 Å². The van der Waals surface area contributed by atoms with E-state index < -0.39 is 0 Å². The predicted molar refractivity (Wildman–Crippen MR) is 93.8 cm³/mol. The zero-order valence-electron chi connectivity index (χ0n) is 13.8. The minimum absolute atomic E-state index is 0.0115. The number of carbonyl (C=O) groups is 2. The van der Waals surface area contributed by atoms with E-state index in [4.69, 9.17) is 4.74 Å². The number of nitrogens with zero attached hydrogens (tertiary/aromatic N) is 1. The van der Waals surface area contributed by atoms with Crippen molar-refractivity contribution in [3.63, 3.8) is 0 Å². The minimum atomic E-state index is -0.0115. The van der Waals surface area contributed by atoms with E-state index in [1.165, 1.54) is 11.1 Å². The number of hydrogen-bond donors (Lipinski definition) is 1. The van der Waals surface area contributed by atoms with Crippen molar-refractivity contribution in [2.45, 2.75) is 49.4 Å². The highest BCUT2D eigenvalue weighted by Gasteiger charge is 2.34. The fourth-order valence-electron chi connectivity index (χ4n) is 3.87. The van der Waals surface area contributed by atoms with Gasteiger partial charge in [-0.3, -0.25) is 9.59 Å². The van der Waals surface area contributed by atoms with Crippen LogP contribution in [0.1, 0.15) is 38.5 Å². The van der Waals surface area contributed by atoms with Gasteiger partial charge in [0, 0.05) is 30.6 Å². The zero-order valence-corrected chi connectivity index (χ0v) is 15.3. The molecule has 0 aromatic heterocycles. The van der Waals surface area contributed by atoms with E-state index in [1.54, 1.807) is 13.2 Å².